The second-order valence-corrected chi connectivity index (χ2v) is 2.10. The van der Waals surface area contributed by atoms with E-state index in [0.29, 0.717) is 0 Å². The molecule has 8 heavy (non-hydrogen) atoms. The fourth-order valence-corrected chi connectivity index (χ4v) is 0.886. The van der Waals surface area contributed by atoms with Crippen molar-refractivity contribution in [3.05, 3.63) is 35.9 Å². The molecule has 1 atom stereocenters. The summed E-state index contributed by atoms with van der Waals surface area (Å²) < 4.78 is 0. The van der Waals surface area contributed by atoms with Crippen molar-refractivity contribution in [2.24, 2.45) is 0 Å². The summed E-state index contributed by atoms with van der Waals surface area (Å²) in [5, 5.41) is 0. The molecule has 1 heteroatoms. The van der Waals surface area contributed by atoms with Gasteiger partial charge >= 0.3 is 0 Å². The molecule has 0 N–H and O–H groups in total. The third kappa shape index (κ3) is 1.31. The van der Waals surface area contributed by atoms with Crippen molar-refractivity contribution < 1.29 is 0 Å². The summed E-state index contributed by atoms with van der Waals surface area (Å²) in [4.78, 5) is 0. The first kappa shape index (κ1) is 5.78. The third-order valence-corrected chi connectivity index (χ3v) is 1.55. The smallest absolute Gasteiger partial charge is 0.0128 e. The quantitative estimate of drug-likeness (QED) is 0.503. The molecule has 0 saturated heterocycles. The molecule has 0 fully saturated rings. The lowest BCUT2D eigenvalue weighted by Gasteiger charge is -1.89. The number of hydrogen-bond donors (Lipinski definition) is 0. The molecule has 0 saturated carbocycles. The van der Waals surface area contributed by atoms with Crippen molar-refractivity contribution in [1.82, 2.24) is 0 Å². The Bertz CT molecular complexity index is 146. The summed E-state index contributed by atoms with van der Waals surface area (Å²) in [7, 11) is 2.69. The van der Waals surface area contributed by atoms with Crippen molar-refractivity contribution in [1.29, 1.82) is 0 Å². The van der Waals surface area contributed by atoms with Crippen LogP contribution in [0.5, 0.6) is 0 Å². The average molecular weight is 124 g/mol. The number of hydrogen-bond acceptors (Lipinski definition) is 0. The van der Waals surface area contributed by atoms with E-state index < -0.39 is 0 Å². The van der Waals surface area contributed by atoms with Gasteiger partial charge in [0.2, 0.25) is 0 Å². The molecule has 0 nitrogen and oxygen atoms in total. The molecule has 0 aliphatic rings. The molecular formula is C7H9P. The highest BCUT2D eigenvalue weighted by Gasteiger charge is 1.80. The molecule has 0 heterocycles. The van der Waals surface area contributed by atoms with Crippen molar-refractivity contribution in [3.8, 4) is 0 Å². The van der Waals surface area contributed by atoms with Crippen LogP contribution in [0.4, 0.5) is 0 Å². The van der Waals surface area contributed by atoms with E-state index in [1.54, 1.807) is 0 Å². The van der Waals surface area contributed by atoms with E-state index in [4.69, 9.17) is 0 Å². The second-order valence-electron chi connectivity index (χ2n) is 1.69. The normalized spacial score (nSPS) is 9.12. The number of rotatable bonds is 1. The molecule has 42 valence electrons. The minimum absolute atomic E-state index is 1.06. The van der Waals surface area contributed by atoms with Gasteiger partial charge in [-0.2, -0.15) is 0 Å². The van der Waals surface area contributed by atoms with Crippen LogP contribution < -0.4 is 0 Å². The van der Waals surface area contributed by atoms with Crippen molar-refractivity contribution >= 4 is 9.24 Å². The molecule has 0 aromatic heterocycles. The van der Waals surface area contributed by atoms with Gasteiger partial charge in [-0.05, 0) is 11.7 Å². The molecule has 0 amide bonds. The van der Waals surface area contributed by atoms with Crippen LogP contribution in [0.2, 0.25) is 0 Å². The maximum Gasteiger partial charge on any atom is -0.0128 e. The third-order valence-electron chi connectivity index (χ3n) is 1.08. The van der Waals surface area contributed by atoms with Gasteiger partial charge in [-0.25, -0.2) is 0 Å². The van der Waals surface area contributed by atoms with Gasteiger partial charge in [-0.15, -0.1) is 9.24 Å². The largest absolute Gasteiger partial charge is 0.133 e. The van der Waals surface area contributed by atoms with Crippen LogP contribution >= 0.6 is 9.24 Å². The summed E-state index contributed by atoms with van der Waals surface area (Å²) in [5.41, 5.74) is 1.37. The molecule has 0 aliphatic carbocycles. The van der Waals surface area contributed by atoms with Gasteiger partial charge < -0.3 is 0 Å². The van der Waals surface area contributed by atoms with E-state index >= 15 is 0 Å². The first-order chi connectivity index (χ1) is 3.93. The lowest BCUT2D eigenvalue weighted by atomic mass is 10.2. The van der Waals surface area contributed by atoms with Crippen molar-refractivity contribution in [3.63, 3.8) is 0 Å². The molecule has 0 aliphatic heterocycles. The van der Waals surface area contributed by atoms with Gasteiger partial charge in [0.25, 0.3) is 0 Å². The molecule has 0 bridgehead atoms. The van der Waals surface area contributed by atoms with Gasteiger partial charge in [0.1, 0.15) is 0 Å². The summed E-state index contributed by atoms with van der Waals surface area (Å²) in [6, 6.07) is 10.4. The zero-order valence-electron chi connectivity index (χ0n) is 4.67. The van der Waals surface area contributed by atoms with Crippen molar-refractivity contribution in [2.75, 3.05) is 0 Å². The first-order valence-electron chi connectivity index (χ1n) is 2.67. The van der Waals surface area contributed by atoms with E-state index in [9.17, 15) is 0 Å². The Morgan fingerprint density at radius 1 is 1.12 bits per heavy atom. The van der Waals surface area contributed by atoms with Crippen LogP contribution in [0.25, 0.3) is 0 Å². The van der Waals surface area contributed by atoms with E-state index in [0.717, 1.165) is 6.16 Å². The predicted molar refractivity (Wildman–Crippen MR) is 39.9 cm³/mol. The average Bonchev–Trinajstić information content (AvgIpc) is 1.90. The fourth-order valence-electron chi connectivity index (χ4n) is 0.614. The van der Waals surface area contributed by atoms with Gasteiger partial charge in [0.15, 0.2) is 0 Å². The Morgan fingerprint density at radius 2 is 1.75 bits per heavy atom. The summed E-state index contributed by atoms with van der Waals surface area (Å²) in [6.45, 7) is 0. The van der Waals surface area contributed by atoms with Crippen LogP contribution in [0.1, 0.15) is 5.56 Å². The van der Waals surface area contributed by atoms with Crippen molar-refractivity contribution in [2.45, 2.75) is 6.16 Å². The Morgan fingerprint density at radius 3 is 2.12 bits per heavy atom. The molecule has 1 aromatic rings. The van der Waals surface area contributed by atoms with E-state index in [2.05, 4.69) is 33.5 Å². The molecule has 1 unspecified atom stereocenters. The zero-order chi connectivity index (χ0) is 5.82. The highest BCUT2D eigenvalue weighted by atomic mass is 31.0. The Kier molecular flexibility index (Phi) is 2.05. The first-order valence-corrected chi connectivity index (χ1v) is 3.49. The molecule has 0 spiro atoms. The predicted octanol–water partition coefficient (Wildman–Crippen LogP) is 2.06. The van der Waals surface area contributed by atoms with Gasteiger partial charge in [0, 0.05) is 0 Å². The number of benzene rings is 1. The lowest BCUT2D eigenvalue weighted by Crippen LogP contribution is -1.70. The molecular weight excluding hydrogens is 115 g/mol. The Balaban J connectivity index is 2.83. The van der Waals surface area contributed by atoms with Gasteiger partial charge in [-0.1, -0.05) is 30.3 Å². The minimum Gasteiger partial charge on any atom is -0.133 e. The monoisotopic (exact) mass is 124 g/mol. The summed E-state index contributed by atoms with van der Waals surface area (Å²) >= 11 is 0. The Hall–Kier alpha value is -0.350. The van der Waals surface area contributed by atoms with Crippen LogP contribution in [0.15, 0.2) is 30.3 Å². The van der Waals surface area contributed by atoms with E-state index in [1.165, 1.54) is 5.56 Å². The van der Waals surface area contributed by atoms with Crippen LogP contribution in [0.3, 0.4) is 0 Å². The van der Waals surface area contributed by atoms with E-state index in [-0.39, 0.29) is 0 Å². The van der Waals surface area contributed by atoms with Crippen LogP contribution in [-0.2, 0) is 6.16 Å². The molecule has 0 radical (unpaired) electrons. The topological polar surface area (TPSA) is 0 Å². The van der Waals surface area contributed by atoms with Gasteiger partial charge in [-0.3, -0.25) is 0 Å². The minimum atomic E-state index is 1.06. The maximum atomic E-state index is 2.69. The fraction of sp³-hybridized carbons (Fsp3) is 0.143. The molecule has 1 rings (SSSR count). The standard InChI is InChI=1S/C7H9P/c8-6-7-4-2-1-3-5-7/h1-5H,6,8H2. The Labute approximate surface area is 52.1 Å². The highest BCUT2D eigenvalue weighted by molar-refractivity contribution is 7.15. The van der Waals surface area contributed by atoms with Gasteiger partial charge in [0.05, 0.1) is 0 Å². The summed E-state index contributed by atoms with van der Waals surface area (Å²) in [6.07, 6.45) is 1.06. The molecule has 1 aromatic carbocycles. The SMILES string of the molecule is PCc1ccccc1. The van der Waals surface area contributed by atoms with Crippen LogP contribution in [0, 0.1) is 0 Å². The highest BCUT2D eigenvalue weighted by Crippen LogP contribution is 2.02. The second kappa shape index (κ2) is 2.84. The van der Waals surface area contributed by atoms with E-state index in [1.807, 2.05) is 6.07 Å². The summed E-state index contributed by atoms with van der Waals surface area (Å²) in [5.74, 6) is 0. The maximum absolute atomic E-state index is 2.69. The lowest BCUT2D eigenvalue weighted by molar-refractivity contribution is 1.42. The van der Waals surface area contributed by atoms with Crippen LogP contribution in [-0.4, -0.2) is 0 Å². The zero-order valence-corrected chi connectivity index (χ0v) is 5.83.